The molecule has 2 aromatic rings. The van der Waals surface area contributed by atoms with Gasteiger partial charge in [0.2, 0.25) is 0 Å². The van der Waals surface area contributed by atoms with Crippen molar-refractivity contribution in [2.45, 2.75) is 26.8 Å². The Labute approximate surface area is 119 Å². The highest BCUT2D eigenvalue weighted by Gasteiger charge is 2.09. The average Bonchev–Trinajstić information content (AvgIpc) is 2.45. The van der Waals surface area contributed by atoms with Crippen molar-refractivity contribution in [3.63, 3.8) is 0 Å². The molecule has 2 aromatic carbocycles. The Morgan fingerprint density at radius 3 is 2.35 bits per heavy atom. The number of carboxylic acids is 1. The summed E-state index contributed by atoms with van der Waals surface area (Å²) in [7, 11) is 0. The van der Waals surface area contributed by atoms with Crippen LogP contribution in [0.1, 0.15) is 34.0 Å². The molecule has 104 valence electrons. The van der Waals surface area contributed by atoms with Crippen molar-refractivity contribution in [1.29, 1.82) is 0 Å². The van der Waals surface area contributed by atoms with E-state index in [4.69, 9.17) is 0 Å². The van der Waals surface area contributed by atoms with Gasteiger partial charge >= 0.3 is 5.97 Å². The Morgan fingerprint density at radius 2 is 1.75 bits per heavy atom. The monoisotopic (exact) mass is 269 g/mol. The van der Waals surface area contributed by atoms with Crippen molar-refractivity contribution < 1.29 is 9.90 Å². The Morgan fingerprint density at radius 1 is 1.10 bits per heavy atom. The van der Waals surface area contributed by atoms with E-state index in [9.17, 15) is 9.90 Å². The minimum atomic E-state index is -0.908. The molecule has 0 aliphatic carbocycles. The molecule has 0 aliphatic heterocycles. The van der Waals surface area contributed by atoms with Crippen molar-refractivity contribution in [3.8, 4) is 0 Å². The standard InChI is InChI=1S/C17H19NO2/c1-3-13-5-7-14(8-6-13)11-18-16-10-12(2)4-9-15(16)17(19)20/h4-10,18H,3,11H2,1-2H3,(H,19,20). The molecule has 0 fully saturated rings. The van der Waals surface area contributed by atoms with Crippen LogP contribution in [-0.2, 0) is 13.0 Å². The van der Waals surface area contributed by atoms with E-state index in [0.29, 0.717) is 17.8 Å². The van der Waals surface area contributed by atoms with Crippen molar-refractivity contribution in [2.75, 3.05) is 5.32 Å². The third kappa shape index (κ3) is 3.38. The Balaban J connectivity index is 2.13. The van der Waals surface area contributed by atoms with E-state index in [1.165, 1.54) is 5.56 Å². The highest BCUT2D eigenvalue weighted by Crippen LogP contribution is 2.18. The van der Waals surface area contributed by atoms with Crippen LogP contribution in [-0.4, -0.2) is 11.1 Å². The fourth-order valence-electron chi connectivity index (χ4n) is 2.08. The second-order valence-electron chi connectivity index (χ2n) is 4.88. The van der Waals surface area contributed by atoms with E-state index in [-0.39, 0.29) is 0 Å². The first kappa shape index (κ1) is 14.1. The van der Waals surface area contributed by atoms with Crippen molar-refractivity contribution >= 4 is 11.7 Å². The SMILES string of the molecule is CCc1ccc(CNc2cc(C)ccc2C(=O)O)cc1. The van der Waals surface area contributed by atoms with Gasteiger partial charge in [-0.2, -0.15) is 0 Å². The smallest absolute Gasteiger partial charge is 0.337 e. The molecular weight excluding hydrogens is 250 g/mol. The van der Waals surface area contributed by atoms with Crippen LogP contribution in [0.25, 0.3) is 0 Å². The predicted octanol–water partition coefficient (Wildman–Crippen LogP) is 3.87. The molecule has 0 aliphatic rings. The lowest BCUT2D eigenvalue weighted by Crippen LogP contribution is -2.06. The topological polar surface area (TPSA) is 49.3 Å². The molecule has 20 heavy (non-hydrogen) atoms. The molecular formula is C17H19NO2. The van der Waals surface area contributed by atoms with Crippen LogP contribution in [0.4, 0.5) is 5.69 Å². The summed E-state index contributed by atoms with van der Waals surface area (Å²) in [5.41, 5.74) is 4.45. The molecule has 3 heteroatoms. The third-order valence-corrected chi connectivity index (χ3v) is 3.32. The lowest BCUT2D eigenvalue weighted by Gasteiger charge is -2.11. The quantitative estimate of drug-likeness (QED) is 0.866. The Hall–Kier alpha value is -2.29. The molecule has 0 heterocycles. The summed E-state index contributed by atoms with van der Waals surface area (Å²) in [6, 6.07) is 13.7. The van der Waals surface area contributed by atoms with E-state index in [1.54, 1.807) is 6.07 Å². The van der Waals surface area contributed by atoms with Crippen LogP contribution in [0, 0.1) is 6.92 Å². The molecule has 0 radical (unpaired) electrons. The number of aromatic carboxylic acids is 1. The second-order valence-corrected chi connectivity index (χ2v) is 4.88. The summed E-state index contributed by atoms with van der Waals surface area (Å²) in [5, 5.41) is 12.4. The van der Waals surface area contributed by atoms with E-state index < -0.39 is 5.97 Å². The van der Waals surface area contributed by atoms with Gasteiger partial charge in [-0.15, -0.1) is 0 Å². The average molecular weight is 269 g/mol. The second kappa shape index (κ2) is 6.24. The zero-order valence-electron chi connectivity index (χ0n) is 11.8. The van der Waals surface area contributed by atoms with Crippen LogP contribution < -0.4 is 5.32 Å². The number of carbonyl (C=O) groups is 1. The first-order valence-corrected chi connectivity index (χ1v) is 6.75. The molecule has 0 unspecified atom stereocenters. The van der Waals surface area contributed by atoms with Gasteiger partial charge in [0.05, 0.1) is 5.56 Å². The number of anilines is 1. The number of benzene rings is 2. The predicted molar refractivity (Wildman–Crippen MR) is 81.3 cm³/mol. The summed E-state index contributed by atoms with van der Waals surface area (Å²) >= 11 is 0. The summed E-state index contributed by atoms with van der Waals surface area (Å²) in [6.45, 7) is 4.69. The van der Waals surface area contributed by atoms with Crippen LogP contribution in [0.5, 0.6) is 0 Å². The van der Waals surface area contributed by atoms with Crippen LogP contribution >= 0.6 is 0 Å². The van der Waals surface area contributed by atoms with E-state index in [0.717, 1.165) is 17.5 Å². The highest BCUT2D eigenvalue weighted by molar-refractivity contribution is 5.94. The molecule has 2 N–H and O–H groups in total. The van der Waals surface area contributed by atoms with Gasteiger partial charge in [-0.05, 0) is 42.2 Å². The first-order valence-electron chi connectivity index (χ1n) is 6.75. The van der Waals surface area contributed by atoms with Crippen molar-refractivity contribution in [1.82, 2.24) is 0 Å². The normalized spacial score (nSPS) is 10.3. The number of nitrogens with one attached hydrogen (secondary N) is 1. The maximum atomic E-state index is 11.2. The number of carboxylic acid groups (broad SMARTS) is 1. The maximum absolute atomic E-state index is 11.2. The Bertz CT molecular complexity index is 603. The van der Waals surface area contributed by atoms with Gasteiger partial charge in [-0.25, -0.2) is 4.79 Å². The van der Waals surface area contributed by atoms with E-state index in [1.807, 2.05) is 19.1 Å². The maximum Gasteiger partial charge on any atom is 0.337 e. The fourth-order valence-corrected chi connectivity index (χ4v) is 2.08. The first-order chi connectivity index (χ1) is 9.60. The zero-order chi connectivity index (χ0) is 14.5. The Kier molecular flexibility index (Phi) is 4.41. The number of hydrogen-bond acceptors (Lipinski definition) is 2. The van der Waals surface area contributed by atoms with E-state index >= 15 is 0 Å². The van der Waals surface area contributed by atoms with Crippen LogP contribution in [0.3, 0.4) is 0 Å². The molecule has 3 nitrogen and oxygen atoms in total. The van der Waals surface area contributed by atoms with Gasteiger partial charge in [0.25, 0.3) is 0 Å². The van der Waals surface area contributed by atoms with Gasteiger partial charge in [-0.3, -0.25) is 0 Å². The lowest BCUT2D eigenvalue weighted by atomic mass is 10.1. The summed E-state index contributed by atoms with van der Waals surface area (Å²) < 4.78 is 0. The van der Waals surface area contributed by atoms with Gasteiger partial charge in [-0.1, -0.05) is 37.3 Å². The minimum Gasteiger partial charge on any atom is -0.478 e. The van der Waals surface area contributed by atoms with Gasteiger partial charge < -0.3 is 10.4 Å². The molecule has 0 aromatic heterocycles. The summed E-state index contributed by atoms with van der Waals surface area (Å²) in [6.07, 6.45) is 1.02. The third-order valence-electron chi connectivity index (χ3n) is 3.32. The van der Waals surface area contributed by atoms with Gasteiger partial charge in [0.1, 0.15) is 0 Å². The van der Waals surface area contributed by atoms with E-state index in [2.05, 4.69) is 36.5 Å². The fraction of sp³-hybridized carbons (Fsp3) is 0.235. The van der Waals surface area contributed by atoms with Crippen LogP contribution in [0.15, 0.2) is 42.5 Å². The van der Waals surface area contributed by atoms with Crippen molar-refractivity contribution in [3.05, 3.63) is 64.7 Å². The molecule has 0 spiro atoms. The van der Waals surface area contributed by atoms with Gasteiger partial charge in [0.15, 0.2) is 0 Å². The molecule has 0 amide bonds. The molecule has 0 bridgehead atoms. The van der Waals surface area contributed by atoms with Crippen LogP contribution in [0.2, 0.25) is 0 Å². The highest BCUT2D eigenvalue weighted by atomic mass is 16.4. The van der Waals surface area contributed by atoms with Gasteiger partial charge in [0, 0.05) is 12.2 Å². The largest absolute Gasteiger partial charge is 0.478 e. The number of hydrogen-bond donors (Lipinski definition) is 2. The number of aryl methyl sites for hydroxylation is 2. The lowest BCUT2D eigenvalue weighted by molar-refractivity contribution is 0.0698. The summed E-state index contributed by atoms with van der Waals surface area (Å²) in [4.78, 5) is 11.2. The number of rotatable bonds is 5. The molecule has 0 saturated heterocycles. The van der Waals surface area contributed by atoms with Crippen molar-refractivity contribution in [2.24, 2.45) is 0 Å². The molecule has 0 saturated carbocycles. The molecule has 2 rings (SSSR count). The summed E-state index contributed by atoms with van der Waals surface area (Å²) in [5.74, 6) is -0.908. The zero-order valence-corrected chi connectivity index (χ0v) is 11.8. The molecule has 0 atom stereocenters. The minimum absolute atomic E-state index is 0.306.